The van der Waals surface area contributed by atoms with Crippen molar-refractivity contribution in [1.29, 1.82) is 0 Å². The maximum Gasteiger partial charge on any atom is 0.371 e. The highest BCUT2D eigenvalue weighted by Gasteiger charge is 2.11. The standard InChI is InChI=1S/C18H12N2O3/c21-18(22)17-6-5-16(23-17)14-4-3-13(10-20-14)12-2-1-11-7-8-19-15(11)9-12/h1-10,19H,(H,21,22). The molecule has 112 valence electrons. The molecule has 0 aliphatic rings. The number of benzene rings is 1. The van der Waals surface area contributed by atoms with E-state index in [1.54, 1.807) is 12.3 Å². The lowest BCUT2D eigenvalue weighted by Crippen LogP contribution is -1.91. The van der Waals surface area contributed by atoms with E-state index in [9.17, 15) is 4.79 Å². The Labute approximate surface area is 131 Å². The number of furan rings is 1. The van der Waals surface area contributed by atoms with Gasteiger partial charge in [0.1, 0.15) is 5.69 Å². The first-order chi connectivity index (χ1) is 11.2. The first-order valence-corrected chi connectivity index (χ1v) is 7.08. The van der Waals surface area contributed by atoms with Crippen LogP contribution in [0.25, 0.3) is 33.5 Å². The Morgan fingerprint density at radius 1 is 1.04 bits per heavy atom. The number of aromatic nitrogens is 2. The Kier molecular flexibility index (Phi) is 2.98. The zero-order chi connectivity index (χ0) is 15.8. The van der Waals surface area contributed by atoms with Crippen LogP contribution in [0.1, 0.15) is 10.6 Å². The number of H-pyrrole nitrogens is 1. The summed E-state index contributed by atoms with van der Waals surface area (Å²) in [6.07, 6.45) is 3.66. The highest BCUT2D eigenvalue weighted by molar-refractivity contribution is 5.86. The molecule has 3 aromatic heterocycles. The molecule has 0 saturated carbocycles. The van der Waals surface area contributed by atoms with Gasteiger partial charge in [0.15, 0.2) is 5.76 Å². The second kappa shape index (κ2) is 5.14. The number of pyridine rings is 1. The van der Waals surface area contributed by atoms with Crippen molar-refractivity contribution >= 4 is 16.9 Å². The number of fused-ring (bicyclic) bond motifs is 1. The minimum atomic E-state index is -1.09. The van der Waals surface area contributed by atoms with Gasteiger partial charge in [0.05, 0.1) is 0 Å². The van der Waals surface area contributed by atoms with Crippen LogP contribution in [0.5, 0.6) is 0 Å². The fraction of sp³-hybridized carbons (Fsp3) is 0. The molecule has 5 heteroatoms. The van der Waals surface area contributed by atoms with E-state index in [1.165, 1.54) is 6.07 Å². The van der Waals surface area contributed by atoms with Crippen molar-refractivity contribution in [2.45, 2.75) is 0 Å². The molecule has 0 spiro atoms. The molecule has 2 N–H and O–H groups in total. The number of aromatic carboxylic acids is 1. The van der Waals surface area contributed by atoms with E-state index in [0.29, 0.717) is 11.5 Å². The van der Waals surface area contributed by atoms with Crippen molar-refractivity contribution < 1.29 is 14.3 Å². The van der Waals surface area contributed by atoms with Gasteiger partial charge in [-0.3, -0.25) is 4.98 Å². The normalized spacial score (nSPS) is 11.0. The van der Waals surface area contributed by atoms with Gasteiger partial charge in [0.25, 0.3) is 0 Å². The summed E-state index contributed by atoms with van der Waals surface area (Å²) in [4.78, 5) is 18.4. The van der Waals surface area contributed by atoms with Crippen LogP contribution in [-0.4, -0.2) is 21.0 Å². The van der Waals surface area contributed by atoms with Crippen LogP contribution in [0.2, 0.25) is 0 Å². The number of carboxylic acid groups (broad SMARTS) is 1. The van der Waals surface area contributed by atoms with Gasteiger partial charge in [0.2, 0.25) is 5.76 Å². The maximum atomic E-state index is 10.9. The average Bonchev–Trinajstić information content (AvgIpc) is 3.23. The Hall–Kier alpha value is -3.34. The fourth-order valence-electron chi connectivity index (χ4n) is 2.53. The SMILES string of the molecule is O=C(O)c1ccc(-c2ccc(-c3ccc4cc[nH]c4c3)cn2)o1. The summed E-state index contributed by atoms with van der Waals surface area (Å²) in [5, 5.41) is 10.1. The monoisotopic (exact) mass is 304 g/mol. The summed E-state index contributed by atoms with van der Waals surface area (Å²) in [6, 6.07) is 15.0. The van der Waals surface area contributed by atoms with Crippen LogP contribution in [0.3, 0.4) is 0 Å². The van der Waals surface area contributed by atoms with E-state index in [4.69, 9.17) is 9.52 Å². The Morgan fingerprint density at radius 3 is 2.65 bits per heavy atom. The van der Waals surface area contributed by atoms with E-state index in [0.717, 1.165) is 22.0 Å². The number of rotatable bonds is 3. The van der Waals surface area contributed by atoms with Crippen molar-refractivity contribution in [3.8, 4) is 22.6 Å². The third kappa shape index (κ3) is 2.38. The third-order valence-electron chi connectivity index (χ3n) is 3.72. The van der Waals surface area contributed by atoms with Crippen LogP contribution in [0.4, 0.5) is 0 Å². The lowest BCUT2D eigenvalue weighted by atomic mass is 10.1. The third-order valence-corrected chi connectivity index (χ3v) is 3.72. The summed E-state index contributed by atoms with van der Waals surface area (Å²) in [6.45, 7) is 0. The molecule has 0 bridgehead atoms. The molecule has 0 aliphatic carbocycles. The molecule has 5 nitrogen and oxygen atoms in total. The van der Waals surface area contributed by atoms with Crippen molar-refractivity contribution in [3.63, 3.8) is 0 Å². The highest BCUT2D eigenvalue weighted by Crippen LogP contribution is 2.26. The molecule has 4 rings (SSSR count). The van der Waals surface area contributed by atoms with E-state index < -0.39 is 5.97 Å². The first kappa shape index (κ1) is 13.3. The zero-order valence-electron chi connectivity index (χ0n) is 12.0. The van der Waals surface area contributed by atoms with Crippen molar-refractivity contribution in [2.24, 2.45) is 0 Å². The maximum absolute atomic E-state index is 10.9. The Bertz CT molecular complexity index is 996. The zero-order valence-corrected chi connectivity index (χ0v) is 12.0. The lowest BCUT2D eigenvalue weighted by Gasteiger charge is -2.03. The Morgan fingerprint density at radius 2 is 1.91 bits per heavy atom. The lowest BCUT2D eigenvalue weighted by molar-refractivity contribution is 0.0663. The van der Waals surface area contributed by atoms with Gasteiger partial charge in [-0.2, -0.15) is 0 Å². The number of carbonyl (C=O) groups is 1. The average molecular weight is 304 g/mol. The van der Waals surface area contributed by atoms with Gasteiger partial charge in [-0.25, -0.2) is 4.79 Å². The predicted molar refractivity (Wildman–Crippen MR) is 86.2 cm³/mol. The van der Waals surface area contributed by atoms with Gasteiger partial charge in [0, 0.05) is 23.5 Å². The quantitative estimate of drug-likeness (QED) is 0.595. The molecule has 3 heterocycles. The van der Waals surface area contributed by atoms with E-state index in [-0.39, 0.29) is 5.76 Å². The summed E-state index contributed by atoms with van der Waals surface area (Å²) in [5.74, 6) is -0.746. The van der Waals surface area contributed by atoms with Crippen LogP contribution in [-0.2, 0) is 0 Å². The second-order valence-electron chi connectivity index (χ2n) is 5.18. The molecule has 0 aliphatic heterocycles. The van der Waals surface area contributed by atoms with Crippen LogP contribution < -0.4 is 0 Å². The molecule has 0 fully saturated rings. The number of carboxylic acids is 1. The molecular weight excluding hydrogens is 292 g/mol. The topological polar surface area (TPSA) is 79.1 Å². The molecule has 4 aromatic rings. The van der Waals surface area contributed by atoms with Gasteiger partial charge in [-0.15, -0.1) is 0 Å². The van der Waals surface area contributed by atoms with E-state index in [1.807, 2.05) is 30.5 Å². The Balaban J connectivity index is 1.67. The smallest absolute Gasteiger partial charge is 0.371 e. The summed E-state index contributed by atoms with van der Waals surface area (Å²) in [5.41, 5.74) is 3.71. The van der Waals surface area contributed by atoms with Crippen molar-refractivity contribution in [3.05, 3.63) is 66.7 Å². The predicted octanol–water partition coefficient (Wildman–Crippen LogP) is 4.19. The molecule has 0 atom stereocenters. The minimum absolute atomic E-state index is 0.0944. The molecular formula is C18H12N2O3. The number of hydrogen-bond acceptors (Lipinski definition) is 3. The first-order valence-electron chi connectivity index (χ1n) is 7.08. The van der Waals surface area contributed by atoms with Crippen LogP contribution in [0, 0.1) is 0 Å². The van der Waals surface area contributed by atoms with Gasteiger partial charge in [-0.1, -0.05) is 18.2 Å². The molecule has 0 unspecified atom stereocenters. The van der Waals surface area contributed by atoms with E-state index in [2.05, 4.69) is 22.1 Å². The van der Waals surface area contributed by atoms with E-state index >= 15 is 0 Å². The summed E-state index contributed by atoms with van der Waals surface area (Å²) < 4.78 is 5.26. The number of nitrogens with zero attached hydrogens (tertiary/aromatic N) is 1. The highest BCUT2D eigenvalue weighted by atomic mass is 16.4. The molecule has 0 saturated heterocycles. The van der Waals surface area contributed by atoms with Gasteiger partial charge in [-0.05, 0) is 41.3 Å². The summed E-state index contributed by atoms with van der Waals surface area (Å²) in [7, 11) is 0. The van der Waals surface area contributed by atoms with Gasteiger partial charge >= 0.3 is 5.97 Å². The largest absolute Gasteiger partial charge is 0.475 e. The van der Waals surface area contributed by atoms with Gasteiger partial charge < -0.3 is 14.5 Å². The number of hydrogen-bond donors (Lipinski definition) is 2. The molecule has 1 aromatic carbocycles. The molecule has 23 heavy (non-hydrogen) atoms. The van der Waals surface area contributed by atoms with Crippen LogP contribution in [0.15, 0.2) is 65.3 Å². The molecule has 0 radical (unpaired) electrons. The summed E-state index contributed by atoms with van der Waals surface area (Å²) >= 11 is 0. The molecule has 0 amide bonds. The van der Waals surface area contributed by atoms with Crippen molar-refractivity contribution in [2.75, 3.05) is 0 Å². The fourth-order valence-corrected chi connectivity index (χ4v) is 2.53. The number of nitrogens with one attached hydrogen (secondary N) is 1. The minimum Gasteiger partial charge on any atom is -0.475 e. The van der Waals surface area contributed by atoms with Crippen LogP contribution >= 0.6 is 0 Å². The van der Waals surface area contributed by atoms with Crippen molar-refractivity contribution in [1.82, 2.24) is 9.97 Å². The second-order valence-corrected chi connectivity index (χ2v) is 5.18. The number of aromatic amines is 1.